The molecule has 2 bridgehead atoms. The van der Waals surface area contributed by atoms with E-state index in [4.69, 9.17) is 14.2 Å². The SMILES string of the molecule is C[C@]12CC[C@H]3[C@@H](CC[C@]45O[C@H]4C=CC(=O)[C@]35C)[C@]1(O)[C@H]1C[C@H]([C@H]3C[C@]4(C)O[C@]4(C)[C@H](O)O3)[C@]2(O)C1. The number of hydrogen-bond acceptors (Lipinski definition) is 7. The molecule has 7 nitrogen and oxygen atoms in total. The lowest BCUT2D eigenvalue weighted by atomic mass is 9.40. The van der Waals surface area contributed by atoms with Crippen LogP contribution >= 0.6 is 0 Å². The summed E-state index contributed by atoms with van der Waals surface area (Å²) in [5.74, 6) is -0.0678. The summed E-state index contributed by atoms with van der Waals surface area (Å²) in [6.07, 6.45) is 7.27. The van der Waals surface area contributed by atoms with Crippen LogP contribution in [-0.4, -0.2) is 67.6 Å². The number of epoxide rings is 2. The van der Waals surface area contributed by atoms with Crippen molar-refractivity contribution in [2.75, 3.05) is 0 Å². The fourth-order valence-electron chi connectivity index (χ4n) is 11.2. The third-order valence-corrected chi connectivity index (χ3v) is 13.6. The highest BCUT2D eigenvalue weighted by Crippen LogP contribution is 2.78. The van der Waals surface area contributed by atoms with Crippen molar-refractivity contribution in [2.45, 2.75) is 119 Å². The van der Waals surface area contributed by atoms with Gasteiger partial charge >= 0.3 is 0 Å². The molecule has 0 radical (unpaired) electrons. The number of ether oxygens (including phenoxy) is 3. The number of carbonyl (C=O) groups is 1. The van der Waals surface area contributed by atoms with Gasteiger partial charge < -0.3 is 29.5 Å². The Kier molecular flexibility index (Phi) is 3.65. The Morgan fingerprint density at radius 1 is 1.00 bits per heavy atom. The van der Waals surface area contributed by atoms with Crippen LogP contribution < -0.4 is 0 Å². The lowest BCUT2D eigenvalue weighted by Crippen LogP contribution is -2.72. The lowest BCUT2D eigenvalue weighted by Gasteiger charge is -2.66. The second-order valence-corrected chi connectivity index (χ2v) is 14.1. The Balaban J connectivity index is 1.15. The van der Waals surface area contributed by atoms with E-state index in [0.717, 1.165) is 19.3 Å². The molecule has 192 valence electrons. The first-order chi connectivity index (χ1) is 16.3. The van der Waals surface area contributed by atoms with E-state index in [9.17, 15) is 20.1 Å². The largest absolute Gasteiger partial charge is 0.389 e. The monoisotopic (exact) mass is 486 g/mol. The molecule has 0 aromatic rings. The van der Waals surface area contributed by atoms with Crippen molar-refractivity contribution >= 4 is 5.78 Å². The molecule has 3 N–H and O–H groups in total. The minimum absolute atomic E-state index is 0.0225. The van der Waals surface area contributed by atoms with Crippen molar-refractivity contribution in [1.29, 1.82) is 0 Å². The summed E-state index contributed by atoms with van der Waals surface area (Å²) in [6, 6.07) is 0. The summed E-state index contributed by atoms with van der Waals surface area (Å²) in [4.78, 5) is 13.4. The summed E-state index contributed by atoms with van der Waals surface area (Å²) in [7, 11) is 0. The highest BCUT2D eigenvalue weighted by Gasteiger charge is 2.84. The molecule has 3 saturated heterocycles. The first-order valence-corrected chi connectivity index (χ1v) is 13.7. The maximum absolute atomic E-state index is 13.4. The fourth-order valence-corrected chi connectivity index (χ4v) is 11.2. The Bertz CT molecular complexity index is 1090. The predicted octanol–water partition coefficient (Wildman–Crippen LogP) is 2.25. The van der Waals surface area contributed by atoms with Gasteiger partial charge in [-0.2, -0.15) is 0 Å². The van der Waals surface area contributed by atoms with Crippen molar-refractivity contribution in [3.8, 4) is 0 Å². The number of rotatable bonds is 1. The van der Waals surface area contributed by atoms with Crippen molar-refractivity contribution < 1.29 is 34.3 Å². The van der Waals surface area contributed by atoms with E-state index in [0.29, 0.717) is 25.7 Å². The molecule has 8 rings (SSSR count). The summed E-state index contributed by atoms with van der Waals surface area (Å²) in [6.45, 7) is 8.07. The van der Waals surface area contributed by atoms with Crippen LogP contribution in [0.2, 0.25) is 0 Å². The van der Waals surface area contributed by atoms with E-state index in [1.807, 2.05) is 19.9 Å². The van der Waals surface area contributed by atoms with Gasteiger partial charge in [0, 0.05) is 17.8 Å². The van der Waals surface area contributed by atoms with E-state index >= 15 is 0 Å². The van der Waals surface area contributed by atoms with Gasteiger partial charge in [-0.3, -0.25) is 4.79 Å². The Labute approximate surface area is 206 Å². The highest BCUT2D eigenvalue weighted by atomic mass is 16.7. The molecule has 14 atom stereocenters. The van der Waals surface area contributed by atoms with E-state index in [2.05, 4.69) is 13.8 Å². The molecule has 3 aliphatic heterocycles. The van der Waals surface area contributed by atoms with Crippen LogP contribution in [0.1, 0.15) is 72.6 Å². The first kappa shape index (κ1) is 22.2. The molecule has 35 heavy (non-hydrogen) atoms. The van der Waals surface area contributed by atoms with Gasteiger partial charge in [0.25, 0.3) is 0 Å². The summed E-state index contributed by atoms with van der Waals surface area (Å²) >= 11 is 0. The Hall–Kier alpha value is -0.830. The molecule has 5 aliphatic carbocycles. The molecular weight excluding hydrogens is 448 g/mol. The molecule has 0 aromatic heterocycles. The van der Waals surface area contributed by atoms with Gasteiger partial charge in [-0.1, -0.05) is 6.92 Å². The fraction of sp³-hybridized carbons (Fsp3) is 0.893. The highest BCUT2D eigenvalue weighted by molar-refractivity contribution is 5.98. The maximum Gasteiger partial charge on any atom is 0.186 e. The number of aliphatic hydroxyl groups excluding tert-OH is 1. The average molecular weight is 487 g/mol. The molecule has 7 heteroatoms. The summed E-state index contributed by atoms with van der Waals surface area (Å²) < 4.78 is 18.2. The average Bonchev–Trinajstić information content (AvgIpc) is 3.58. The van der Waals surface area contributed by atoms with Crippen LogP contribution in [0, 0.1) is 34.5 Å². The summed E-state index contributed by atoms with van der Waals surface area (Å²) in [5.41, 5.74) is -4.93. The predicted molar refractivity (Wildman–Crippen MR) is 123 cm³/mol. The zero-order valence-corrected chi connectivity index (χ0v) is 21.1. The smallest absolute Gasteiger partial charge is 0.186 e. The van der Waals surface area contributed by atoms with Gasteiger partial charge in [0.05, 0.1) is 22.7 Å². The zero-order valence-electron chi connectivity index (χ0n) is 21.1. The summed E-state index contributed by atoms with van der Waals surface area (Å²) in [5, 5.41) is 35.8. The Morgan fingerprint density at radius 2 is 1.74 bits per heavy atom. The first-order valence-electron chi connectivity index (χ1n) is 13.7. The van der Waals surface area contributed by atoms with Crippen LogP contribution in [0.15, 0.2) is 12.2 Å². The van der Waals surface area contributed by atoms with Gasteiger partial charge in [-0.25, -0.2) is 0 Å². The van der Waals surface area contributed by atoms with E-state index in [-0.39, 0.29) is 41.7 Å². The normalized spacial score (nSPS) is 69.5. The van der Waals surface area contributed by atoms with Gasteiger partial charge in [0.15, 0.2) is 12.1 Å². The minimum Gasteiger partial charge on any atom is -0.389 e. The Morgan fingerprint density at radius 3 is 2.49 bits per heavy atom. The van der Waals surface area contributed by atoms with Crippen LogP contribution in [0.4, 0.5) is 0 Å². The third kappa shape index (κ3) is 1.99. The van der Waals surface area contributed by atoms with Gasteiger partial charge in [-0.05, 0) is 89.2 Å². The van der Waals surface area contributed by atoms with Gasteiger partial charge in [0.2, 0.25) is 0 Å². The molecule has 0 amide bonds. The standard InChI is InChI=1S/C28H38O7/c1-22-9-7-15-16(8-10-27-20(34-27)6-5-19(29)24(15,27)3)28(22,32)14-11-17(26(22,31)12-14)18-13-23(2)25(4,35-23)21(30)33-18/h5-6,14-18,20-21,30-32H,7-13H2,1-4H3/t14-,15-,16+,17+,18+,20-,21+,22+,23-,24-,25+,26+,27-,28+/m0/s1. The van der Waals surface area contributed by atoms with E-state index < -0.39 is 45.1 Å². The number of carbonyl (C=O) groups excluding carboxylic acids is 1. The second-order valence-electron chi connectivity index (χ2n) is 14.1. The van der Waals surface area contributed by atoms with Crippen LogP contribution in [0.5, 0.6) is 0 Å². The van der Waals surface area contributed by atoms with Crippen LogP contribution in [0.25, 0.3) is 0 Å². The van der Waals surface area contributed by atoms with Crippen LogP contribution in [-0.2, 0) is 19.0 Å². The van der Waals surface area contributed by atoms with Crippen molar-refractivity contribution in [3.05, 3.63) is 12.2 Å². The van der Waals surface area contributed by atoms with Crippen LogP contribution in [0.3, 0.4) is 0 Å². The molecule has 3 heterocycles. The van der Waals surface area contributed by atoms with E-state index in [1.54, 1.807) is 6.08 Å². The quantitative estimate of drug-likeness (QED) is 0.488. The molecule has 7 fully saturated rings. The molecule has 8 aliphatic rings. The van der Waals surface area contributed by atoms with Crippen molar-refractivity contribution in [1.82, 2.24) is 0 Å². The minimum atomic E-state index is -1.08. The number of allylic oxidation sites excluding steroid dienone is 1. The maximum atomic E-state index is 13.4. The third-order valence-electron chi connectivity index (χ3n) is 13.6. The van der Waals surface area contributed by atoms with E-state index in [1.165, 1.54) is 0 Å². The number of hydrogen-bond donors (Lipinski definition) is 3. The van der Waals surface area contributed by atoms with Gasteiger partial charge in [-0.15, -0.1) is 0 Å². The number of ketones is 1. The molecule has 4 saturated carbocycles. The molecular formula is C28H38O7. The molecule has 0 aromatic carbocycles. The van der Waals surface area contributed by atoms with Gasteiger partial charge in [0.1, 0.15) is 22.9 Å². The lowest BCUT2D eigenvalue weighted by molar-refractivity contribution is -0.287. The number of aliphatic hydroxyl groups is 3. The topological polar surface area (TPSA) is 112 Å². The molecule has 1 spiro atoms. The number of fused-ring (bicyclic) bond motifs is 9. The van der Waals surface area contributed by atoms with Crippen molar-refractivity contribution in [2.24, 2.45) is 34.5 Å². The zero-order chi connectivity index (χ0) is 24.6. The molecule has 0 unspecified atom stereocenters. The van der Waals surface area contributed by atoms with Crippen molar-refractivity contribution in [3.63, 3.8) is 0 Å². The second kappa shape index (κ2) is 5.76.